The minimum atomic E-state index is -0.342. The first kappa shape index (κ1) is 9.81. The third-order valence-corrected chi connectivity index (χ3v) is 1.80. The van der Waals surface area contributed by atoms with E-state index in [-0.39, 0.29) is 17.7 Å². The van der Waals surface area contributed by atoms with Gasteiger partial charge in [0.15, 0.2) is 11.2 Å². The number of nitrogens with zero attached hydrogens (tertiary/aromatic N) is 3. The lowest BCUT2D eigenvalue weighted by Gasteiger charge is -2.02. The van der Waals surface area contributed by atoms with Crippen LogP contribution in [0.2, 0.25) is 0 Å². The molecule has 2 rings (SSSR count). The van der Waals surface area contributed by atoms with Crippen LogP contribution in [0.1, 0.15) is 0 Å². The molecule has 8 heteroatoms. The number of anilines is 1. The van der Waals surface area contributed by atoms with Crippen molar-refractivity contribution in [2.24, 2.45) is 0 Å². The number of nitrogens with one attached hydrogen (secondary N) is 3. The predicted molar refractivity (Wildman–Crippen MR) is 55.4 cm³/mol. The second-order valence-electron chi connectivity index (χ2n) is 2.63. The Balaban J connectivity index is 2.48. The minimum Gasteiger partial charge on any atom is -0.342 e. The van der Waals surface area contributed by atoms with Crippen molar-refractivity contribution in [1.82, 2.24) is 24.8 Å². The lowest BCUT2D eigenvalue weighted by molar-refractivity contribution is 0.984. The van der Waals surface area contributed by atoms with Crippen molar-refractivity contribution in [2.75, 3.05) is 12.0 Å². The molecular weight excluding hydrogens is 220 g/mol. The summed E-state index contributed by atoms with van der Waals surface area (Å²) in [6.45, 7) is 0.274. The van der Waals surface area contributed by atoms with Crippen LogP contribution in [-0.2, 0) is 0 Å². The van der Waals surface area contributed by atoms with Gasteiger partial charge in [-0.25, -0.2) is 14.8 Å². The molecule has 0 spiro atoms. The van der Waals surface area contributed by atoms with Gasteiger partial charge in [0.1, 0.15) is 0 Å². The van der Waals surface area contributed by atoms with Gasteiger partial charge < -0.3 is 5.32 Å². The Bertz CT molecular complexity index is 526. The molecule has 0 aliphatic carbocycles. The Morgan fingerprint density at radius 1 is 1.40 bits per heavy atom. The maximum absolute atomic E-state index is 11.5. The fourth-order valence-electron chi connectivity index (χ4n) is 1.07. The van der Waals surface area contributed by atoms with Crippen LogP contribution in [0.3, 0.4) is 0 Å². The zero-order chi connectivity index (χ0) is 10.7. The lowest BCUT2D eigenvalue weighted by atomic mass is 10.5. The molecule has 15 heavy (non-hydrogen) atoms. The van der Waals surface area contributed by atoms with Crippen LogP contribution < -0.4 is 15.7 Å². The summed E-state index contributed by atoms with van der Waals surface area (Å²) in [5.41, 5.74) is 0.158. The standard InChI is InChI=1S/C7H7ClN6O/c8-12-3-11-7-13-5-4(6(15)14-7)9-1-2-10-5/h1-2,12H,3H2,(H2,10,11,13,14,15). The Labute approximate surface area is 89.0 Å². The summed E-state index contributed by atoms with van der Waals surface area (Å²) in [5.74, 6) is 0.293. The number of rotatable bonds is 3. The zero-order valence-corrected chi connectivity index (χ0v) is 8.25. The number of hydrogen-bond acceptors (Lipinski definition) is 6. The van der Waals surface area contributed by atoms with Crippen molar-refractivity contribution in [3.05, 3.63) is 22.7 Å². The van der Waals surface area contributed by atoms with Crippen LogP contribution in [0.5, 0.6) is 0 Å². The molecule has 0 saturated carbocycles. The van der Waals surface area contributed by atoms with Crippen molar-refractivity contribution in [1.29, 1.82) is 0 Å². The molecule has 0 aromatic carbocycles. The van der Waals surface area contributed by atoms with E-state index >= 15 is 0 Å². The quantitative estimate of drug-likeness (QED) is 0.497. The summed E-state index contributed by atoms with van der Waals surface area (Å²) in [7, 11) is 0. The summed E-state index contributed by atoms with van der Waals surface area (Å²) in [6, 6.07) is 0. The molecule has 0 atom stereocenters. The maximum Gasteiger partial charge on any atom is 0.280 e. The van der Waals surface area contributed by atoms with Gasteiger partial charge in [-0.15, -0.1) is 0 Å². The van der Waals surface area contributed by atoms with Crippen LogP contribution in [0, 0.1) is 0 Å². The summed E-state index contributed by atoms with van der Waals surface area (Å²) in [4.78, 5) is 28.1. The van der Waals surface area contributed by atoms with Crippen LogP contribution in [0.25, 0.3) is 11.2 Å². The largest absolute Gasteiger partial charge is 0.342 e. The maximum atomic E-state index is 11.5. The van der Waals surface area contributed by atoms with E-state index in [0.29, 0.717) is 11.6 Å². The highest BCUT2D eigenvalue weighted by Crippen LogP contribution is 2.01. The van der Waals surface area contributed by atoms with Gasteiger partial charge in [-0.3, -0.25) is 9.78 Å². The molecule has 78 valence electrons. The molecule has 3 N–H and O–H groups in total. The first-order chi connectivity index (χ1) is 7.31. The third kappa shape index (κ3) is 2.03. The summed E-state index contributed by atoms with van der Waals surface area (Å²) in [6.07, 6.45) is 2.91. The first-order valence-corrected chi connectivity index (χ1v) is 4.47. The SMILES string of the molecule is O=c1[nH]c(NCNCl)nc2nccnc12. The average Bonchev–Trinajstić information content (AvgIpc) is 2.26. The van der Waals surface area contributed by atoms with E-state index in [4.69, 9.17) is 11.8 Å². The van der Waals surface area contributed by atoms with E-state index in [2.05, 4.69) is 30.1 Å². The highest BCUT2D eigenvalue weighted by Gasteiger charge is 2.04. The van der Waals surface area contributed by atoms with Crippen molar-refractivity contribution in [3.63, 3.8) is 0 Å². The monoisotopic (exact) mass is 226 g/mol. The van der Waals surface area contributed by atoms with Gasteiger partial charge in [0.25, 0.3) is 5.56 Å². The fourth-order valence-corrected chi connectivity index (χ4v) is 1.14. The van der Waals surface area contributed by atoms with Gasteiger partial charge in [-0.2, -0.15) is 4.98 Å². The van der Waals surface area contributed by atoms with Crippen LogP contribution in [-0.4, -0.2) is 26.6 Å². The van der Waals surface area contributed by atoms with E-state index in [1.165, 1.54) is 12.4 Å². The number of halogens is 1. The minimum absolute atomic E-state index is 0.210. The van der Waals surface area contributed by atoms with Gasteiger partial charge in [0.05, 0.1) is 6.67 Å². The van der Waals surface area contributed by atoms with Crippen molar-refractivity contribution in [3.8, 4) is 0 Å². The molecule has 0 aliphatic heterocycles. The molecule has 0 aliphatic rings. The average molecular weight is 227 g/mol. The van der Waals surface area contributed by atoms with Crippen LogP contribution >= 0.6 is 11.8 Å². The van der Waals surface area contributed by atoms with Crippen molar-refractivity contribution < 1.29 is 0 Å². The van der Waals surface area contributed by atoms with E-state index < -0.39 is 0 Å². The first-order valence-electron chi connectivity index (χ1n) is 4.09. The second-order valence-corrected chi connectivity index (χ2v) is 2.90. The number of fused-ring (bicyclic) bond motifs is 1. The third-order valence-electron chi connectivity index (χ3n) is 1.67. The number of hydrogen-bond donors (Lipinski definition) is 3. The molecule has 0 fully saturated rings. The van der Waals surface area contributed by atoms with E-state index in [0.717, 1.165) is 0 Å². The molecule has 2 aromatic rings. The normalized spacial score (nSPS) is 10.5. The number of H-pyrrole nitrogens is 1. The molecule has 0 radical (unpaired) electrons. The Kier molecular flexibility index (Phi) is 2.75. The van der Waals surface area contributed by atoms with Crippen LogP contribution in [0.4, 0.5) is 5.95 Å². The predicted octanol–water partition coefficient (Wildman–Crippen LogP) is -0.174. The van der Waals surface area contributed by atoms with Gasteiger partial charge in [0.2, 0.25) is 5.95 Å². The van der Waals surface area contributed by atoms with Gasteiger partial charge in [0, 0.05) is 12.4 Å². The summed E-state index contributed by atoms with van der Waals surface area (Å²) >= 11 is 5.25. The lowest BCUT2D eigenvalue weighted by Crippen LogP contribution is -2.19. The van der Waals surface area contributed by atoms with Gasteiger partial charge >= 0.3 is 0 Å². The van der Waals surface area contributed by atoms with Gasteiger partial charge in [-0.1, -0.05) is 0 Å². The molecule has 0 bridgehead atoms. The molecule has 2 aromatic heterocycles. The molecule has 7 nitrogen and oxygen atoms in total. The Hall–Kier alpha value is -1.73. The summed E-state index contributed by atoms with van der Waals surface area (Å²) in [5, 5.41) is 2.75. The topological polar surface area (TPSA) is 95.6 Å². The zero-order valence-electron chi connectivity index (χ0n) is 7.49. The van der Waals surface area contributed by atoms with E-state index in [1.54, 1.807) is 0 Å². The Morgan fingerprint density at radius 2 is 2.20 bits per heavy atom. The second kappa shape index (κ2) is 4.20. The highest BCUT2D eigenvalue weighted by molar-refractivity contribution is 6.13. The molecular formula is C7H7ClN6O. The van der Waals surface area contributed by atoms with Gasteiger partial charge in [-0.05, 0) is 11.8 Å². The smallest absolute Gasteiger partial charge is 0.280 e. The van der Waals surface area contributed by atoms with E-state index in [1.807, 2.05) is 0 Å². The molecule has 0 saturated heterocycles. The van der Waals surface area contributed by atoms with E-state index in [9.17, 15) is 4.79 Å². The number of aromatic amines is 1. The highest BCUT2D eigenvalue weighted by atomic mass is 35.5. The Morgan fingerprint density at radius 3 is 3.00 bits per heavy atom. The molecule has 0 amide bonds. The van der Waals surface area contributed by atoms with Crippen molar-refractivity contribution >= 4 is 28.9 Å². The van der Waals surface area contributed by atoms with Crippen molar-refractivity contribution in [2.45, 2.75) is 0 Å². The summed E-state index contributed by atoms with van der Waals surface area (Å²) < 4.78 is 0. The fraction of sp³-hybridized carbons (Fsp3) is 0.143. The molecule has 0 unspecified atom stereocenters. The number of aromatic nitrogens is 4. The molecule has 2 heterocycles. The van der Waals surface area contributed by atoms with Crippen LogP contribution in [0.15, 0.2) is 17.2 Å².